The first-order chi connectivity index (χ1) is 14.3. The zero-order valence-electron chi connectivity index (χ0n) is 16.6. The van der Waals surface area contributed by atoms with Crippen LogP contribution in [0.1, 0.15) is 28.9 Å². The molecule has 1 aromatic heterocycles. The molecule has 30 heavy (non-hydrogen) atoms. The Bertz CT molecular complexity index is 1070. The third-order valence-corrected chi connectivity index (χ3v) is 8.03. The Balaban J connectivity index is 1.47. The summed E-state index contributed by atoms with van der Waals surface area (Å²) in [4.78, 5) is 27.5. The molecule has 1 saturated carbocycles. The van der Waals surface area contributed by atoms with Crippen molar-refractivity contribution in [2.75, 3.05) is 35.2 Å². The van der Waals surface area contributed by atoms with Gasteiger partial charge < -0.3 is 15.6 Å². The number of hydrogen-bond acceptors (Lipinski definition) is 5. The van der Waals surface area contributed by atoms with Gasteiger partial charge in [0.05, 0.1) is 0 Å². The van der Waals surface area contributed by atoms with E-state index in [2.05, 4.69) is 15.6 Å². The van der Waals surface area contributed by atoms with Crippen LogP contribution >= 0.6 is 11.8 Å². The largest absolute Gasteiger partial charge is 0.356 e. The second kappa shape index (κ2) is 8.44. The highest BCUT2D eigenvalue weighted by Crippen LogP contribution is 2.31. The highest BCUT2D eigenvalue weighted by Gasteiger charge is 2.30. The van der Waals surface area contributed by atoms with Gasteiger partial charge in [0.15, 0.2) is 0 Å². The zero-order valence-corrected chi connectivity index (χ0v) is 18.2. The van der Waals surface area contributed by atoms with Gasteiger partial charge in [-0.05, 0) is 43.5 Å². The number of H-pyrrole nitrogens is 1. The number of nitrogens with one attached hydrogen (secondary N) is 3. The highest BCUT2D eigenvalue weighted by molar-refractivity contribution is 7.99. The van der Waals surface area contributed by atoms with Crippen molar-refractivity contribution in [3.8, 4) is 0 Å². The van der Waals surface area contributed by atoms with Crippen LogP contribution in [0.15, 0.2) is 35.4 Å². The molecule has 160 valence electrons. The number of carbonyl (C=O) groups excluding carboxylic acids is 2. The molecule has 0 radical (unpaired) electrons. The fraction of sp³-hybridized carbons (Fsp3) is 0.400. The Morgan fingerprint density at radius 3 is 2.57 bits per heavy atom. The van der Waals surface area contributed by atoms with Crippen LogP contribution in [0.3, 0.4) is 0 Å². The summed E-state index contributed by atoms with van der Waals surface area (Å²) >= 11 is 1.73. The van der Waals surface area contributed by atoms with E-state index in [-0.39, 0.29) is 22.4 Å². The first kappa shape index (κ1) is 21.0. The number of sulfonamides is 1. The maximum Gasteiger partial charge on any atom is 0.272 e. The topological polar surface area (TPSA) is 111 Å². The van der Waals surface area contributed by atoms with Crippen molar-refractivity contribution in [1.82, 2.24) is 9.29 Å². The van der Waals surface area contributed by atoms with Crippen LogP contribution in [0.2, 0.25) is 0 Å². The second-order valence-corrected chi connectivity index (χ2v) is 10.7. The number of rotatable bonds is 6. The predicted octanol–water partition coefficient (Wildman–Crippen LogP) is 2.66. The summed E-state index contributed by atoms with van der Waals surface area (Å²) in [6.45, 7) is 2.79. The average molecular weight is 449 g/mol. The fourth-order valence-electron chi connectivity index (χ4n) is 3.20. The molecule has 1 aliphatic carbocycles. The Hall–Kier alpha value is -2.30. The Labute approximate surface area is 179 Å². The SMILES string of the molecule is Cc1ccc(NC(=O)C2CC2)cc1NC(=O)c1cc(S(=O)(=O)N2CCSCC2)c[nH]1. The van der Waals surface area contributed by atoms with Gasteiger partial charge >= 0.3 is 0 Å². The highest BCUT2D eigenvalue weighted by atomic mass is 32.2. The summed E-state index contributed by atoms with van der Waals surface area (Å²) in [6.07, 6.45) is 3.18. The van der Waals surface area contributed by atoms with E-state index in [1.165, 1.54) is 16.6 Å². The van der Waals surface area contributed by atoms with Gasteiger partial charge in [0.25, 0.3) is 5.91 Å². The van der Waals surface area contributed by atoms with E-state index < -0.39 is 15.9 Å². The standard InChI is InChI=1S/C20H24N4O4S2/c1-13-2-5-15(22-19(25)14-3-4-14)10-17(13)23-20(26)18-11-16(12-21-18)30(27,28)24-6-8-29-9-7-24/h2,5,10-12,14,21H,3-4,6-9H2,1H3,(H,22,25)(H,23,26). The van der Waals surface area contributed by atoms with Crippen molar-refractivity contribution in [2.24, 2.45) is 5.92 Å². The van der Waals surface area contributed by atoms with Gasteiger partial charge in [0, 0.05) is 48.1 Å². The summed E-state index contributed by atoms with van der Waals surface area (Å²) in [5.41, 5.74) is 2.16. The van der Waals surface area contributed by atoms with Crippen molar-refractivity contribution in [2.45, 2.75) is 24.7 Å². The van der Waals surface area contributed by atoms with Gasteiger partial charge in [0.2, 0.25) is 15.9 Å². The number of aromatic nitrogens is 1. The molecule has 2 amide bonds. The number of hydrogen-bond donors (Lipinski definition) is 3. The molecule has 2 heterocycles. The van der Waals surface area contributed by atoms with E-state index in [0.717, 1.165) is 29.9 Å². The monoisotopic (exact) mass is 448 g/mol. The summed E-state index contributed by atoms with van der Waals surface area (Å²) in [5, 5.41) is 5.66. The van der Waals surface area contributed by atoms with Crippen molar-refractivity contribution in [1.29, 1.82) is 0 Å². The number of aromatic amines is 1. The number of thioether (sulfide) groups is 1. The molecule has 1 saturated heterocycles. The quantitative estimate of drug-likeness (QED) is 0.629. The maximum absolute atomic E-state index is 12.8. The Morgan fingerprint density at radius 2 is 1.87 bits per heavy atom. The first-order valence-electron chi connectivity index (χ1n) is 9.84. The van der Waals surface area contributed by atoms with E-state index >= 15 is 0 Å². The Kier molecular flexibility index (Phi) is 5.90. The van der Waals surface area contributed by atoms with Crippen LogP contribution < -0.4 is 10.6 Å². The van der Waals surface area contributed by atoms with Crippen LogP contribution in [-0.2, 0) is 14.8 Å². The zero-order chi connectivity index (χ0) is 21.3. The van der Waals surface area contributed by atoms with Gasteiger partial charge in [-0.25, -0.2) is 8.42 Å². The van der Waals surface area contributed by atoms with Gasteiger partial charge in [-0.15, -0.1) is 0 Å². The summed E-state index contributed by atoms with van der Waals surface area (Å²) < 4.78 is 27.0. The van der Waals surface area contributed by atoms with Crippen molar-refractivity contribution >= 4 is 45.0 Å². The number of aryl methyl sites for hydroxylation is 1. The van der Waals surface area contributed by atoms with Crippen molar-refractivity contribution in [3.63, 3.8) is 0 Å². The van der Waals surface area contributed by atoms with E-state index in [9.17, 15) is 18.0 Å². The molecule has 4 rings (SSSR count). The van der Waals surface area contributed by atoms with Gasteiger partial charge in [0.1, 0.15) is 10.6 Å². The van der Waals surface area contributed by atoms with Crippen LogP contribution in [0, 0.1) is 12.8 Å². The minimum absolute atomic E-state index is 0.00791. The Morgan fingerprint density at radius 1 is 1.13 bits per heavy atom. The minimum atomic E-state index is -3.62. The molecule has 10 heteroatoms. The maximum atomic E-state index is 12.8. The number of carbonyl (C=O) groups is 2. The molecule has 1 aliphatic heterocycles. The summed E-state index contributed by atoms with van der Waals surface area (Å²) in [6, 6.07) is 6.68. The first-order valence-corrected chi connectivity index (χ1v) is 12.4. The van der Waals surface area contributed by atoms with E-state index in [0.29, 0.717) is 24.5 Å². The molecular formula is C20H24N4O4S2. The molecule has 2 aromatic rings. The van der Waals surface area contributed by atoms with Gasteiger partial charge in [-0.1, -0.05) is 6.07 Å². The molecule has 1 aromatic carbocycles. The normalized spacial score (nSPS) is 17.5. The lowest BCUT2D eigenvalue weighted by Gasteiger charge is -2.24. The molecule has 0 bridgehead atoms. The molecule has 2 aliphatic rings. The van der Waals surface area contributed by atoms with Crippen molar-refractivity contribution < 1.29 is 18.0 Å². The van der Waals surface area contributed by atoms with Crippen LogP contribution in [-0.4, -0.2) is 54.1 Å². The number of amides is 2. The van der Waals surface area contributed by atoms with E-state index in [1.807, 2.05) is 13.0 Å². The van der Waals surface area contributed by atoms with Crippen molar-refractivity contribution in [3.05, 3.63) is 41.7 Å². The van der Waals surface area contributed by atoms with Crippen LogP contribution in [0.5, 0.6) is 0 Å². The fourth-order valence-corrected chi connectivity index (χ4v) is 5.77. The third kappa shape index (κ3) is 4.55. The number of benzene rings is 1. The molecular weight excluding hydrogens is 424 g/mol. The average Bonchev–Trinajstić information content (AvgIpc) is 3.47. The molecule has 2 fully saturated rings. The molecule has 8 nitrogen and oxygen atoms in total. The number of nitrogens with zero attached hydrogens (tertiary/aromatic N) is 1. The lowest BCUT2D eigenvalue weighted by Crippen LogP contribution is -2.37. The minimum Gasteiger partial charge on any atom is -0.356 e. The van der Waals surface area contributed by atoms with Gasteiger partial charge in [-0.2, -0.15) is 16.1 Å². The summed E-state index contributed by atoms with van der Waals surface area (Å²) in [7, 11) is -3.62. The molecule has 0 spiro atoms. The lowest BCUT2D eigenvalue weighted by molar-refractivity contribution is -0.117. The van der Waals surface area contributed by atoms with E-state index in [1.54, 1.807) is 23.9 Å². The second-order valence-electron chi connectivity index (χ2n) is 7.51. The van der Waals surface area contributed by atoms with E-state index in [4.69, 9.17) is 0 Å². The summed E-state index contributed by atoms with van der Waals surface area (Å²) in [5.74, 6) is 1.17. The third-order valence-electron chi connectivity index (χ3n) is 5.21. The number of anilines is 2. The van der Waals surface area contributed by atoms with Crippen LogP contribution in [0.4, 0.5) is 11.4 Å². The van der Waals surface area contributed by atoms with Gasteiger partial charge in [-0.3, -0.25) is 9.59 Å². The smallest absolute Gasteiger partial charge is 0.272 e. The van der Waals surface area contributed by atoms with Crippen LogP contribution in [0.25, 0.3) is 0 Å². The lowest BCUT2D eigenvalue weighted by atomic mass is 10.1. The molecule has 3 N–H and O–H groups in total. The molecule has 0 atom stereocenters. The molecule has 0 unspecified atom stereocenters. The predicted molar refractivity (Wildman–Crippen MR) is 117 cm³/mol.